The Morgan fingerprint density at radius 3 is 2.59 bits per heavy atom. The number of amides is 1. The molecule has 1 amide bonds. The number of para-hydroxylation sites is 1. The lowest BCUT2D eigenvalue weighted by molar-refractivity contribution is 0.0950. The molecular weight excluding hydrogens is 338 g/mol. The fourth-order valence-corrected chi connectivity index (χ4v) is 2.75. The Morgan fingerprint density at radius 2 is 1.70 bits per heavy atom. The van der Waals surface area contributed by atoms with Gasteiger partial charge < -0.3 is 10.1 Å². The highest BCUT2D eigenvalue weighted by Crippen LogP contribution is 2.26. The highest BCUT2D eigenvalue weighted by Gasteiger charge is 2.09. The second-order valence-electron chi connectivity index (χ2n) is 5.99. The summed E-state index contributed by atoms with van der Waals surface area (Å²) in [5.74, 6) is 0.852. The predicted molar refractivity (Wildman–Crippen MR) is 104 cm³/mol. The maximum absolute atomic E-state index is 12.4. The van der Waals surface area contributed by atoms with E-state index in [4.69, 9.17) is 4.74 Å². The molecule has 0 atom stereocenters. The van der Waals surface area contributed by atoms with E-state index >= 15 is 0 Å². The van der Waals surface area contributed by atoms with Crippen LogP contribution in [0.3, 0.4) is 0 Å². The molecule has 3 aromatic carbocycles. The quantitative estimate of drug-likeness (QED) is 0.578. The molecule has 4 aromatic rings. The number of ether oxygens (including phenoxy) is 1. The minimum Gasteiger partial charge on any atom is -0.438 e. The lowest BCUT2D eigenvalue weighted by Gasteiger charge is -2.09. The van der Waals surface area contributed by atoms with Crippen LogP contribution in [0.2, 0.25) is 0 Å². The zero-order valence-electron chi connectivity index (χ0n) is 14.5. The van der Waals surface area contributed by atoms with Crippen molar-refractivity contribution in [2.45, 2.75) is 6.54 Å². The summed E-state index contributed by atoms with van der Waals surface area (Å²) in [7, 11) is 0. The number of carbonyl (C=O) groups excluding carboxylic acids is 1. The molecule has 0 unspecified atom stereocenters. The zero-order chi connectivity index (χ0) is 18.5. The van der Waals surface area contributed by atoms with Gasteiger partial charge in [-0.3, -0.25) is 4.79 Å². The summed E-state index contributed by atoms with van der Waals surface area (Å²) >= 11 is 0. The first-order valence-corrected chi connectivity index (χ1v) is 8.59. The molecule has 0 aliphatic rings. The van der Waals surface area contributed by atoms with E-state index in [2.05, 4.69) is 15.3 Å². The van der Waals surface area contributed by atoms with Gasteiger partial charge in [-0.05, 0) is 35.9 Å². The molecule has 1 aromatic heterocycles. The zero-order valence-corrected chi connectivity index (χ0v) is 14.5. The first kappa shape index (κ1) is 16.7. The van der Waals surface area contributed by atoms with Crippen molar-refractivity contribution in [3.05, 3.63) is 96.3 Å². The molecule has 0 aliphatic heterocycles. The van der Waals surface area contributed by atoms with Gasteiger partial charge in [-0.15, -0.1) is 0 Å². The second-order valence-corrected chi connectivity index (χ2v) is 5.99. The summed E-state index contributed by atoms with van der Waals surface area (Å²) < 4.78 is 5.91. The highest BCUT2D eigenvalue weighted by molar-refractivity contribution is 5.94. The smallest absolute Gasteiger partial charge is 0.251 e. The van der Waals surface area contributed by atoms with Crippen molar-refractivity contribution in [2.75, 3.05) is 0 Å². The van der Waals surface area contributed by atoms with Gasteiger partial charge in [0.05, 0.1) is 10.9 Å². The van der Waals surface area contributed by atoms with Crippen molar-refractivity contribution < 1.29 is 9.53 Å². The molecule has 0 radical (unpaired) electrons. The Labute approximate surface area is 156 Å². The monoisotopic (exact) mass is 355 g/mol. The molecule has 27 heavy (non-hydrogen) atoms. The van der Waals surface area contributed by atoms with Gasteiger partial charge in [0.15, 0.2) is 0 Å². The highest BCUT2D eigenvalue weighted by atomic mass is 16.5. The standard InChI is InChI=1S/C22H17N3O2/c26-21(23-14-16-7-2-1-3-8-16)17-9-6-10-18(13-17)27-22-19-11-4-5-12-20(19)24-15-25-22/h1-13,15H,14H2,(H,23,26). The van der Waals surface area contributed by atoms with E-state index in [1.807, 2.05) is 54.6 Å². The average molecular weight is 355 g/mol. The minimum atomic E-state index is -0.156. The summed E-state index contributed by atoms with van der Waals surface area (Å²) in [6.07, 6.45) is 1.47. The van der Waals surface area contributed by atoms with Gasteiger partial charge in [0.25, 0.3) is 5.91 Å². The summed E-state index contributed by atoms with van der Waals surface area (Å²) in [5, 5.41) is 3.73. The number of hydrogen-bond donors (Lipinski definition) is 1. The molecule has 5 nitrogen and oxygen atoms in total. The Morgan fingerprint density at radius 1 is 0.889 bits per heavy atom. The van der Waals surface area contributed by atoms with E-state index in [0.717, 1.165) is 16.5 Å². The number of aromatic nitrogens is 2. The van der Waals surface area contributed by atoms with E-state index in [0.29, 0.717) is 23.7 Å². The Bertz CT molecular complexity index is 1080. The van der Waals surface area contributed by atoms with Gasteiger partial charge in [-0.25, -0.2) is 9.97 Å². The molecule has 4 rings (SSSR count). The molecule has 0 saturated carbocycles. The van der Waals surface area contributed by atoms with Crippen LogP contribution in [0.4, 0.5) is 0 Å². The van der Waals surface area contributed by atoms with Gasteiger partial charge in [-0.1, -0.05) is 48.5 Å². The molecule has 0 saturated heterocycles. The van der Waals surface area contributed by atoms with Gasteiger partial charge in [0.1, 0.15) is 12.1 Å². The van der Waals surface area contributed by atoms with Crippen LogP contribution >= 0.6 is 0 Å². The fourth-order valence-electron chi connectivity index (χ4n) is 2.75. The van der Waals surface area contributed by atoms with Crippen LogP contribution in [0.1, 0.15) is 15.9 Å². The van der Waals surface area contributed by atoms with Crippen LogP contribution in [0.25, 0.3) is 10.9 Å². The molecular formula is C22H17N3O2. The fraction of sp³-hybridized carbons (Fsp3) is 0.0455. The van der Waals surface area contributed by atoms with E-state index in [-0.39, 0.29) is 5.91 Å². The third-order valence-corrected chi connectivity index (χ3v) is 4.11. The largest absolute Gasteiger partial charge is 0.438 e. The molecule has 1 heterocycles. The minimum absolute atomic E-state index is 0.156. The second kappa shape index (κ2) is 7.66. The van der Waals surface area contributed by atoms with E-state index in [1.54, 1.807) is 24.3 Å². The third kappa shape index (κ3) is 3.93. The first-order valence-electron chi connectivity index (χ1n) is 8.59. The van der Waals surface area contributed by atoms with Crippen molar-refractivity contribution in [3.63, 3.8) is 0 Å². The molecule has 0 aliphatic carbocycles. The van der Waals surface area contributed by atoms with Crippen molar-refractivity contribution >= 4 is 16.8 Å². The maximum Gasteiger partial charge on any atom is 0.251 e. The summed E-state index contributed by atoms with van der Waals surface area (Å²) in [4.78, 5) is 20.9. The molecule has 1 N–H and O–H groups in total. The number of nitrogens with one attached hydrogen (secondary N) is 1. The van der Waals surface area contributed by atoms with E-state index in [9.17, 15) is 4.79 Å². The number of hydrogen-bond acceptors (Lipinski definition) is 4. The van der Waals surface area contributed by atoms with Crippen molar-refractivity contribution in [2.24, 2.45) is 0 Å². The van der Waals surface area contributed by atoms with Crippen LogP contribution in [-0.4, -0.2) is 15.9 Å². The number of benzene rings is 3. The maximum atomic E-state index is 12.4. The molecule has 5 heteroatoms. The van der Waals surface area contributed by atoms with Crippen LogP contribution in [0.5, 0.6) is 11.6 Å². The van der Waals surface area contributed by atoms with Crippen LogP contribution in [0, 0.1) is 0 Å². The molecule has 132 valence electrons. The number of fused-ring (bicyclic) bond motifs is 1. The van der Waals surface area contributed by atoms with Crippen molar-refractivity contribution in [3.8, 4) is 11.6 Å². The van der Waals surface area contributed by atoms with Crippen LogP contribution < -0.4 is 10.1 Å². The van der Waals surface area contributed by atoms with E-state index in [1.165, 1.54) is 6.33 Å². The number of nitrogens with zero attached hydrogens (tertiary/aromatic N) is 2. The third-order valence-electron chi connectivity index (χ3n) is 4.11. The number of rotatable bonds is 5. The van der Waals surface area contributed by atoms with Gasteiger partial charge in [0.2, 0.25) is 5.88 Å². The normalized spacial score (nSPS) is 10.5. The molecule has 0 fully saturated rings. The van der Waals surface area contributed by atoms with Gasteiger partial charge in [-0.2, -0.15) is 0 Å². The molecule has 0 bridgehead atoms. The van der Waals surface area contributed by atoms with Crippen LogP contribution in [0.15, 0.2) is 85.2 Å². The number of carbonyl (C=O) groups is 1. The SMILES string of the molecule is O=C(NCc1ccccc1)c1cccc(Oc2ncnc3ccccc23)c1. The van der Waals surface area contributed by atoms with Crippen LogP contribution in [-0.2, 0) is 6.54 Å². The summed E-state index contributed by atoms with van der Waals surface area (Å²) in [6, 6.07) is 24.5. The van der Waals surface area contributed by atoms with E-state index < -0.39 is 0 Å². The lowest BCUT2D eigenvalue weighted by Crippen LogP contribution is -2.22. The van der Waals surface area contributed by atoms with Crippen molar-refractivity contribution in [1.82, 2.24) is 15.3 Å². The lowest BCUT2D eigenvalue weighted by atomic mass is 10.2. The first-order chi connectivity index (χ1) is 13.3. The van der Waals surface area contributed by atoms with Gasteiger partial charge >= 0.3 is 0 Å². The Hall–Kier alpha value is -3.73. The van der Waals surface area contributed by atoms with Crippen molar-refractivity contribution in [1.29, 1.82) is 0 Å². The van der Waals surface area contributed by atoms with Gasteiger partial charge in [0, 0.05) is 12.1 Å². The molecule has 0 spiro atoms. The predicted octanol–water partition coefficient (Wildman–Crippen LogP) is 4.35. The Kier molecular flexibility index (Phi) is 4.74. The summed E-state index contributed by atoms with van der Waals surface area (Å²) in [5.41, 5.74) is 2.38. The summed E-state index contributed by atoms with van der Waals surface area (Å²) in [6.45, 7) is 0.474. The Balaban J connectivity index is 1.51. The topological polar surface area (TPSA) is 64.1 Å². The average Bonchev–Trinajstić information content (AvgIpc) is 2.73.